The molecule has 0 radical (unpaired) electrons. The molecule has 0 bridgehead atoms. The third kappa shape index (κ3) is 3.52. The standard InChI is InChI=1S/C20H15FN4O/c1-12(26)24-16-7-5-13(6-8-16)17-10-19(25-20(23)18(17)11-22)14-3-2-4-15(21)9-14/h2-10H,1H3,(H2,23,25)(H,24,26). The minimum atomic E-state index is -0.381. The predicted octanol–water partition coefficient (Wildman–Crippen LogP) is 3.97. The molecule has 0 aliphatic carbocycles. The Kier molecular flexibility index (Phi) is 4.63. The Morgan fingerprint density at radius 1 is 1.15 bits per heavy atom. The summed E-state index contributed by atoms with van der Waals surface area (Å²) in [5.74, 6) is -0.472. The number of carbonyl (C=O) groups is 1. The normalized spacial score (nSPS) is 10.2. The van der Waals surface area contributed by atoms with Gasteiger partial charge in [0.15, 0.2) is 0 Å². The Balaban J connectivity index is 2.11. The number of carbonyl (C=O) groups excluding carboxylic acids is 1. The Morgan fingerprint density at radius 2 is 1.88 bits per heavy atom. The van der Waals surface area contributed by atoms with Crippen molar-refractivity contribution in [3.8, 4) is 28.5 Å². The zero-order chi connectivity index (χ0) is 18.7. The lowest BCUT2D eigenvalue weighted by Crippen LogP contribution is -2.05. The van der Waals surface area contributed by atoms with Crippen LogP contribution in [-0.2, 0) is 4.79 Å². The van der Waals surface area contributed by atoms with Crippen LogP contribution in [0.2, 0.25) is 0 Å². The lowest BCUT2D eigenvalue weighted by molar-refractivity contribution is -0.114. The van der Waals surface area contributed by atoms with E-state index >= 15 is 0 Å². The van der Waals surface area contributed by atoms with Gasteiger partial charge in [0, 0.05) is 23.7 Å². The van der Waals surface area contributed by atoms with Gasteiger partial charge < -0.3 is 11.1 Å². The van der Waals surface area contributed by atoms with Crippen molar-refractivity contribution in [2.45, 2.75) is 6.92 Å². The largest absolute Gasteiger partial charge is 0.383 e. The Hall–Kier alpha value is -3.72. The molecule has 1 heterocycles. The molecule has 0 saturated heterocycles. The molecule has 0 aliphatic rings. The van der Waals surface area contributed by atoms with Crippen LogP contribution in [0.1, 0.15) is 12.5 Å². The highest BCUT2D eigenvalue weighted by atomic mass is 19.1. The highest BCUT2D eigenvalue weighted by Crippen LogP contribution is 2.32. The first-order valence-corrected chi connectivity index (χ1v) is 7.82. The maximum absolute atomic E-state index is 13.5. The van der Waals surface area contributed by atoms with Crippen molar-refractivity contribution in [3.05, 3.63) is 66.0 Å². The number of anilines is 2. The number of aromatic nitrogens is 1. The van der Waals surface area contributed by atoms with Gasteiger partial charge in [0.05, 0.1) is 5.69 Å². The van der Waals surface area contributed by atoms with Crippen LogP contribution in [0.5, 0.6) is 0 Å². The molecule has 26 heavy (non-hydrogen) atoms. The first-order chi connectivity index (χ1) is 12.5. The molecule has 0 fully saturated rings. The van der Waals surface area contributed by atoms with Crippen molar-refractivity contribution >= 4 is 17.4 Å². The molecule has 0 saturated carbocycles. The van der Waals surface area contributed by atoms with Gasteiger partial charge in [-0.2, -0.15) is 5.26 Å². The van der Waals surface area contributed by atoms with Gasteiger partial charge in [0.25, 0.3) is 0 Å². The summed E-state index contributed by atoms with van der Waals surface area (Å²) in [5.41, 5.74) is 9.22. The van der Waals surface area contributed by atoms with Gasteiger partial charge in [0.2, 0.25) is 5.91 Å². The number of nitriles is 1. The number of amides is 1. The molecule has 0 unspecified atom stereocenters. The number of hydrogen-bond donors (Lipinski definition) is 2. The molecule has 3 aromatic rings. The summed E-state index contributed by atoms with van der Waals surface area (Å²) < 4.78 is 13.5. The van der Waals surface area contributed by atoms with Crippen molar-refractivity contribution in [3.63, 3.8) is 0 Å². The molecule has 3 rings (SSSR count). The second-order valence-corrected chi connectivity index (χ2v) is 5.70. The predicted molar refractivity (Wildman–Crippen MR) is 98.5 cm³/mol. The summed E-state index contributed by atoms with van der Waals surface area (Å²) in [6.45, 7) is 1.43. The number of benzene rings is 2. The second-order valence-electron chi connectivity index (χ2n) is 5.70. The van der Waals surface area contributed by atoms with Gasteiger partial charge >= 0.3 is 0 Å². The summed E-state index contributed by atoms with van der Waals surface area (Å²) in [6, 6.07) is 16.8. The molecule has 0 spiro atoms. The van der Waals surface area contributed by atoms with Gasteiger partial charge in [0.1, 0.15) is 23.3 Å². The van der Waals surface area contributed by atoms with Crippen LogP contribution in [0, 0.1) is 17.1 Å². The van der Waals surface area contributed by atoms with E-state index in [1.54, 1.807) is 42.5 Å². The van der Waals surface area contributed by atoms with Crippen LogP contribution in [0.15, 0.2) is 54.6 Å². The van der Waals surface area contributed by atoms with E-state index in [-0.39, 0.29) is 23.1 Å². The molecule has 0 aliphatic heterocycles. The van der Waals surface area contributed by atoms with Crippen molar-refractivity contribution in [2.24, 2.45) is 0 Å². The summed E-state index contributed by atoms with van der Waals surface area (Å²) in [7, 11) is 0. The second kappa shape index (κ2) is 7.03. The topological polar surface area (TPSA) is 91.8 Å². The number of hydrogen-bond acceptors (Lipinski definition) is 4. The zero-order valence-corrected chi connectivity index (χ0v) is 14.0. The maximum atomic E-state index is 13.5. The number of nitrogens with one attached hydrogen (secondary N) is 1. The van der Waals surface area contributed by atoms with Gasteiger partial charge in [-0.1, -0.05) is 24.3 Å². The van der Waals surface area contributed by atoms with Crippen LogP contribution in [0.4, 0.5) is 15.9 Å². The molecular formula is C20H15FN4O. The van der Waals surface area contributed by atoms with E-state index in [1.807, 2.05) is 0 Å². The lowest BCUT2D eigenvalue weighted by atomic mass is 9.98. The van der Waals surface area contributed by atoms with Crippen LogP contribution >= 0.6 is 0 Å². The van der Waals surface area contributed by atoms with E-state index in [0.717, 1.165) is 5.56 Å². The highest BCUT2D eigenvalue weighted by molar-refractivity contribution is 5.89. The molecule has 0 atom stereocenters. The molecule has 5 nitrogen and oxygen atoms in total. The fraction of sp³-hybridized carbons (Fsp3) is 0.0500. The van der Waals surface area contributed by atoms with E-state index in [9.17, 15) is 14.4 Å². The van der Waals surface area contributed by atoms with Crippen LogP contribution in [0.25, 0.3) is 22.4 Å². The van der Waals surface area contributed by atoms with E-state index in [1.165, 1.54) is 19.1 Å². The highest BCUT2D eigenvalue weighted by Gasteiger charge is 2.14. The van der Waals surface area contributed by atoms with E-state index < -0.39 is 0 Å². The number of nitrogens with two attached hydrogens (primary N) is 1. The summed E-state index contributed by atoms with van der Waals surface area (Å²) in [6.07, 6.45) is 0. The number of nitrogens with zero attached hydrogens (tertiary/aromatic N) is 2. The summed E-state index contributed by atoms with van der Waals surface area (Å²) in [5, 5.41) is 12.1. The SMILES string of the molecule is CC(=O)Nc1ccc(-c2cc(-c3cccc(F)c3)nc(N)c2C#N)cc1. The number of rotatable bonds is 3. The minimum absolute atomic E-state index is 0.0789. The average Bonchev–Trinajstić information content (AvgIpc) is 2.61. The number of halogens is 1. The van der Waals surface area contributed by atoms with Crippen molar-refractivity contribution < 1.29 is 9.18 Å². The van der Waals surface area contributed by atoms with Crippen molar-refractivity contribution in [1.29, 1.82) is 5.26 Å². The average molecular weight is 346 g/mol. The minimum Gasteiger partial charge on any atom is -0.383 e. The Morgan fingerprint density at radius 3 is 2.50 bits per heavy atom. The quantitative estimate of drug-likeness (QED) is 0.751. The molecular weight excluding hydrogens is 331 g/mol. The fourth-order valence-corrected chi connectivity index (χ4v) is 2.64. The summed E-state index contributed by atoms with van der Waals surface area (Å²) >= 11 is 0. The first kappa shape index (κ1) is 17.1. The van der Waals surface area contributed by atoms with Gasteiger partial charge in [-0.3, -0.25) is 4.79 Å². The van der Waals surface area contributed by atoms with Crippen LogP contribution in [-0.4, -0.2) is 10.9 Å². The van der Waals surface area contributed by atoms with Crippen LogP contribution < -0.4 is 11.1 Å². The lowest BCUT2D eigenvalue weighted by Gasteiger charge is -2.11. The third-order valence-corrected chi connectivity index (χ3v) is 3.80. The molecule has 1 amide bonds. The molecule has 2 aromatic carbocycles. The first-order valence-electron chi connectivity index (χ1n) is 7.82. The number of nitrogen functional groups attached to an aromatic ring is 1. The maximum Gasteiger partial charge on any atom is 0.221 e. The Labute approximate surface area is 149 Å². The molecule has 128 valence electrons. The molecule has 1 aromatic heterocycles. The Bertz CT molecular complexity index is 1020. The monoisotopic (exact) mass is 346 g/mol. The summed E-state index contributed by atoms with van der Waals surface area (Å²) in [4.78, 5) is 15.4. The zero-order valence-electron chi connectivity index (χ0n) is 14.0. The third-order valence-electron chi connectivity index (χ3n) is 3.80. The van der Waals surface area contributed by atoms with E-state index in [2.05, 4.69) is 16.4 Å². The molecule has 6 heteroatoms. The van der Waals surface area contributed by atoms with E-state index in [0.29, 0.717) is 22.5 Å². The van der Waals surface area contributed by atoms with Crippen molar-refractivity contribution in [2.75, 3.05) is 11.1 Å². The van der Waals surface area contributed by atoms with Crippen LogP contribution in [0.3, 0.4) is 0 Å². The van der Waals surface area contributed by atoms with Gasteiger partial charge in [-0.25, -0.2) is 9.37 Å². The van der Waals surface area contributed by atoms with E-state index in [4.69, 9.17) is 5.73 Å². The fourth-order valence-electron chi connectivity index (χ4n) is 2.64. The van der Waals surface area contributed by atoms with Gasteiger partial charge in [-0.05, 0) is 35.9 Å². The number of pyridine rings is 1. The smallest absolute Gasteiger partial charge is 0.221 e. The van der Waals surface area contributed by atoms with Gasteiger partial charge in [-0.15, -0.1) is 0 Å². The van der Waals surface area contributed by atoms with Crippen molar-refractivity contribution in [1.82, 2.24) is 4.98 Å². The molecule has 3 N–H and O–H groups in total.